The largest absolute Gasteiger partial charge is 0.412 e. The zero-order valence-corrected chi connectivity index (χ0v) is 7.71. The predicted molar refractivity (Wildman–Crippen MR) is 50.5 cm³/mol. The summed E-state index contributed by atoms with van der Waals surface area (Å²) < 4.78 is 8.55. The van der Waals surface area contributed by atoms with Crippen molar-refractivity contribution in [2.45, 2.75) is 11.8 Å². The molecular formula is C7H11ClO2S. The number of benzene rings is 1. The van der Waals surface area contributed by atoms with Crippen LogP contribution in [0, 0.1) is 6.92 Å². The molecule has 1 aromatic carbocycles. The highest BCUT2D eigenvalue weighted by molar-refractivity contribution is 7.93. The smallest absolute Gasteiger partial charge is 0.0350 e. The lowest BCUT2D eigenvalue weighted by molar-refractivity contribution is 0.664. The van der Waals surface area contributed by atoms with E-state index in [9.17, 15) is 0 Å². The van der Waals surface area contributed by atoms with E-state index in [1.807, 2.05) is 31.2 Å². The van der Waals surface area contributed by atoms with Crippen LogP contribution in [0.4, 0.5) is 0 Å². The average molecular weight is 195 g/mol. The van der Waals surface area contributed by atoms with E-state index < -0.39 is 0 Å². The molecule has 0 spiro atoms. The molecule has 0 bridgehead atoms. The molecule has 0 saturated carbocycles. The van der Waals surface area contributed by atoms with Crippen LogP contribution in [0.3, 0.4) is 0 Å². The summed E-state index contributed by atoms with van der Waals surface area (Å²) in [6, 6.07) is 7.72. The van der Waals surface area contributed by atoms with E-state index in [0.717, 1.165) is 16.9 Å². The second kappa shape index (κ2) is 6.49. The second-order valence-corrected chi connectivity index (χ2v) is 2.56. The highest BCUT2D eigenvalue weighted by Gasteiger charge is 1.87. The quantitative estimate of drug-likeness (QED) is 0.697. The third kappa shape index (κ3) is 4.27. The van der Waals surface area contributed by atoms with Gasteiger partial charge in [0.05, 0.1) is 0 Å². The molecule has 0 amide bonds. The van der Waals surface area contributed by atoms with Gasteiger partial charge in [-0.25, -0.2) is 0 Å². The van der Waals surface area contributed by atoms with E-state index in [1.54, 1.807) is 0 Å². The van der Waals surface area contributed by atoms with Gasteiger partial charge in [-0.05, 0) is 19.1 Å². The first kappa shape index (κ1) is 13.4. The number of hydrogen-bond acceptors (Lipinski definition) is 2. The highest BCUT2D eigenvalue weighted by atomic mass is 35.5. The summed E-state index contributed by atoms with van der Waals surface area (Å²) in [7, 11) is 0. The minimum absolute atomic E-state index is 0. The van der Waals surface area contributed by atoms with Crippen molar-refractivity contribution in [1.82, 2.24) is 0 Å². The first-order chi connectivity index (χ1) is 4.33. The third-order valence-electron chi connectivity index (χ3n) is 1.13. The number of halogens is 1. The topological polar surface area (TPSA) is 51.7 Å². The van der Waals surface area contributed by atoms with Gasteiger partial charge in [-0.15, -0.1) is 12.4 Å². The van der Waals surface area contributed by atoms with Crippen molar-refractivity contribution in [1.29, 1.82) is 0 Å². The summed E-state index contributed by atoms with van der Waals surface area (Å²) in [6.45, 7) is 2.02. The van der Waals surface area contributed by atoms with Gasteiger partial charge >= 0.3 is 0 Å². The van der Waals surface area contributed by atoms with Gasteiger partial charge < -0.3 is 10.0 Å². The summed E-state index contributed by atoms with van der Waals surface area (Å²) >= 11 is 0.777. The molecule has 64 valence electrons. The standard InChI is InChI=1S/C7H8OS.ClH.H2O/c1-6-2-4-7(9-8)5-3-6;;/h2-5,8H,1H3;1H;1H2. The summed E-state index contributed by atoms with van der Waals surface area (Å²) in [6.07, 6.45) is 0. The molecule has 4 heteroatoms. The molecule has 0 saturated heterocycles. The Bertz CT molecular complexity index is 188. The second-order valence-electron chi connectivity index (χ2n) is 1.90. The van der Waals surface area contributed by atoms with Crippen LogP contribution < -0.4 is 0 Å². The Balaban J connectivity index is 0. The van der Waals surface area contributed by atoms with Crippen molar-refractivity contribution < 1.29 is 10.0 Å². The van der Waals surface area contributed by atoms with E-state index in [4.69, 9.17) is 4.55 Å². The molecule has 0 aliphatic heterocycles. The maximum atomic E-state index is 8.55. The third-order valence-corrected chi connectivity index (χ3v) is 1.61. The number of rotatable bonds is 1. The fourth-order valence-corrected chi connectivity index (χ4v) is 0.857. The Morgan fingerprint density at radius 3 is 2.00 bits per heavy atom. The monoisotopic (exact) mass is 194 g/mol. The van der Waals surface area contributed by atoms with Crippen LogP contribution in [0.25, 0.3) is 0 Å². The van der Waals surface area contributed by atoms with Crippen LogP contribution in [0.1, 0.15) is 5.56 Å². The Hall–Kier alpha value is -0.220. The van der Waals surface area contributed by atoms with E-state index in [0.29, 0.717) is 0 Å². The van der Waals surface area contributed by atoms with Gasteiger partial charge in [0.25, 0.3) is 0 Å². The van der Waals surface area contributed by atoms with Crippen molar-refractivity contribution in [3.8, 4) is 0 Å². The highest BCUT2D eigenvalue weighted by Crippen LogP contribution is 2.13. The molecule has 0 aliphatic rings. The summed E-state index contributed by atoms with van der Waals surface area (Å²) in [5.74, 6) is 0. The zero-order chi connectivity index (χ0) is 6.69. The molecule has 11 heavy (non-hydrogen) atoms. The van der Waals surface area contributed by atoms with E-state index in [-0.39, 0.29) is 17.9 Å². The van der Waals surface area contributed by atoms with Crippen LogP contribution in [-0.2, 0) is 0 Å². The average Bonchev–Trinajstić information content (AvgIpc) is 1.90. The van der Waals surface area contributed by atoms with Crippen molar-refractivity contribution in [2.24, 2.45) is 0 Å². The van der Waals surface area contributed by atoms with Crippen LogP contribution in [0.15, 0.2) is 29.2 Å². The minimum Gasteiger partial charge on any atom is -0.412 e. The van der Waals surface area contributed by atoms with Gasteiger partial charge in [-0.1, -0.05) is 17.7 Å². The van der Waals surface area contributed by atoms with Gasteiger partial charge in [0, 0.05) is 16.9 Å². The SMILES string of the molecule is Cc1ccc(SO)cc1.Cl.O. The zero-order valence-electron chi connectivity index (χ0n) is 6.07. The Morgan fingerprint density at radius 1 is 1.18 bits per heavy atom. The normalized spacial score (nSPS) is 7.82. The van der Waals surface area contributed by atoms with Crippen LogP contribution in [0.2, 0.25) is 0 Å². The maximum Gasteiger partial charge on any atom is 0.0350 e. The summed E-state index contributed by atoms with van der Waals surface area (Å²) in [4.78, 5) is 0.889. The van der Waals surface area contributed by atoms with Gasteiger partial charge in [0.15, 0.2) is 0 Å². The first-order valence-corrected chi connectivity index (χ1v) is 3.48. The molecule has 0 fully saturated rings. The van der Waals surface area contributed by atoms with Gasteiger partial charge in [0.1, 0.15) is 0 Å². The van der Waals surface area contributed by atoms with Crippen LogP contribution in [-0.4, -0.2) is 10.0 Å². The molecule has 1 aromatic rings. The fraction of sp³-hybridized carbons (Fsp3) is 0.143. The molecule has 0 aliphatic carbocycles. The molecule has 1 rings (SSSR count). The fourth-order valence-electron chi connectivity index (χ4n) is 0.599. The van der Waals surface area contributed by atoms with Crippen molar-refractivity contribution in [3.05, 3.63) is 29.8 Å². The Kier molecular flexibility index (Phi) is 7.89. The predicted octanol–water partition coefficient (Wildman–Crippen LogP) is 2.16. The first-order valence-electron chi connectivity index (χ1n) is 2.71. The molecule has 2 nitrogen and oxygen atoms in total. The molecule has 0 unspecified atom stereocenters. The molecule has 3 N–H and O–H groups in total. The minimum atomic E-state index is 0. The van der Waals surface area contributed by atoms with Crippen molar-refractivity contribution in [2.75, 3.05) is 0 Å². The van der Waals surface area contributed by atoms with Crippen LogP contribution in [0.5, 0.6) is 0 Å². The maximum absolute atomic E-state index is 8.55. The Morgan fingerprint density at radius 2 is 1.64 bits per heavy atom. The number of aryl methyl sites for hydroxylation is 1. The van der Waals surface area contributed by atoms with Crippen molar-refractivity contribution in [3.63, 3.8) is 0 Å². The molecule has 0 heterocycles. The van der Waals surface area contributed by atoms with Crippen molar-refractivity contribution >= 4 is 24.4 Å². The molecule has 0 aromatic heterocycles. The lowest BCUT2D eigenvalue weighted by atomic mass is 10.2. The lowest BCUT2D eigenvalue weighted by Crippen LogP contribution is -1.70. The van der Waals surface area contributed by atoms with E-state index >= 15 is 0 Å². The van der Waals surface area contributed by atoms with Crippen LogP contribution >= 0.6 is 24.4 Å². The molecule has 0 radical (unpaired) electrons. The summed E-state index contributed by atoms with van der Waals surface area (Å²) in [5, 5.41) is 0. The number of hydrogen-bond donors (Lipinski definition) is 1. The lowest BCUT2D eigenvalue weighted by Gasteiger charge is -1.92. The van der Waals surface area contributed by atoms with E-state index in [2.05, 4.69) is 0 Å². The van der Waals surface area contributed by atoms with Gasteiger partial charge in [-0.2, -0.15) is 0 Å². The molecular weight excluding hydrogens is 184 g/mol. The molecule has 0 atom stereocenters. The summed E-state index contributed by atoms with van der Waals surface area (Å²) in [5.41, 5.74) is 1.22. The van der Waals surface area contributed by atoms with Gasteiger partial charge in [0.2, 0.25) is 0 Å². The van der Waals surface area contributed by atoms with Gasteiger partial charge in [-0.3, -0.25) is 0 Å². The van der Waals surface area contributed by atoms with E-state index in [1.165, 1.54) is 5.56 Å². The Labute approximate surface area is 76.6 Å².